The number of pyridine rings is 1. The molecule has 3 N–H and O–H groups in total. The fraction of sp³-hybridized carbons (Fsp3) is 0.458. The van der Waals surface area contributed by atoms with E-state index in [0.29, 0.717) is 0 Å². The van der Waals surface area contributed by atoms with Crippen LogP contribution in [0.1, 0.15) is 46.5 Å². The molecule has 1 saturated heterocycles. The summed E-state index contributed by atoms with van der Waals surface area (Å²) < 4.78 is 89.9. The predicted octanol–water partition coefficient (Wildman–Crippen LogP) is 3.40. The van der Waals surface area contributed by atoms with Crippen LogP contribution < -0.4 is 15.8 Å². The van der Waals surface area contributed by atoms with Crippen LogP contribution in [-0.2, 0) is 10.9 Å². The minimum Gasteiger partial charge on any atom is -0.480 e. The molecule has 15 heteroatoms. The Morgan fingerprint density at radius 1 is 1.23 bits per heavy atom. The van der Waals surface area contributed by atoms with Gasteiger partial charge in [0.05, 0.1) is 40.7 Å². The molecule has 2 amide bonds. The van der Waals surface area contributed by atoms with Gasteiger partial charge in [0.1, 0.15) is 29.2 Å². The quantitative estimate of drug-likeness (QED) is 0.467. The zero-order chi connectivity index (χ0) is 31.4. The second-order valence-corrected chi connectivity index (χ2v) is 9.90. The third-order valence-corrected chi connectivity index (χ3v) is 5.90. The average Bonchev–Trinajstić information content (AvgIpc) is 3.39. The Hall–Kier alpha value is -4.17. The zero-order valence-corrected chi connectivity index (χ0v) is 21.3. The van der Waals surface area contributed by atoms with Gasteiger partial charge in [-0.25, -0.2) is 23.7 Å². The highest BCUT2D eigenvalue weighted by atomic mass is 19.4. The van der Waals surface area contributed by atoms with Crippen LogP contribution in [0.15, 0.2) is 18.5 Å². The second-order valence-electron chi connectivity index (χ2n) is 9.90. The second kappa shape index (κ2) is 9.85. The number of nitrogens with one attached hydrogen (secondary N) is 1. The van der Waals surface area contributed by atoms with Crippen molar-refractivity contribution in [3.8, 4) is 17.1 Å². The fourth-order valence-electron chi connectivity index (χ4n) is 4.18. The molecule has 1 fully saturated rings. The van der Waals surface area contributed by atoms with Crippen LogP contribution in [0, 0.1) is 6.92 Å². The summed E-state index contributed by atoms with van der Waals surface area (Å²) in [6.45, 7) is 5.61. The van der Waals surface area contributed by atoms with E-state index in [0.717, 1.165) is 27.9 Å². The number of likely N-dealkylation sites (tertiary alicyclic amines) is 1. The van der Waals surface area contributed by atoms with Crippen molar-refractivity contribution in [2.45, 2.75) is 51.7 Å². The highest BCUT2D eigenvalue weighted by Crippen LogP contribution is 2.39. The number of carbonyl (C=O) groups excluding carboxylic acids is 2. The van der Waals surface area contributed by atoms with Gasteiger partial charge in [0, 0.05) is 12.1 Å². The first kappa shape index (κ1) is 23.9. The Labute approximate surface area is 224 Å². The number of hydrogen-bond acceptors (Lipinski definition) is 8. The number of rotatable bonds is 4. The molecule has 1 aliphatic rings. The Morgan fingerprint density at radius 2 is 1.95 bits per heavy atom. The zero-order valence-electron chi connectivity index (χ0n) is 24.3. The fourth-order valence-corrected chi connectivity index (χ4v) is 4.18. The first-order chi connectivity index (χ1) is 19.2. The van der Waals surface area contributed by atoms with Crippen LogP contribution in [0.5, 0.6) is 5.88 Å². The van der Waals surface area contributed by atoms with Gasteiger partial charge >= 0.3 is 12.3 Å². The van der Waals surface area contributed by atoms with Gasteiger partial charge in [-0.2, -0.15) is 18.3 Å². The smallest absolute Gasteiger partial charge is 0.418 e. The number of aromatic nitrogens is 4. The maximum atomic E-state index is 14.9. The molecule has 0 aromatic carbocycles. The summed E-state index contributed by atoms with van der Waals surface area (Å²) in [5.41, 5.74) is 2.40. The summed E-state index contributed by atoms with van der Waals surface area (Å²) >= 11 is 0. The molecule has 4 heterocycles. The van der Waals surface area contributed by atoms with E-state index in [1.165, 1.54) is 6.92 Å². The molecule has 0 bridgehead atoms. The molecule has 3 aromatic rings. The predicted molar refractivity (Wildman–Crippen MR) is 131 cm³/mol. The van der Waals surface area contributed by atoms with E-state index in [9.17, 15) is 27.2 Å². The molecule has 1 aliphatic heterocycles. The molecule has 0 radical (unpaired) electrons. The van der Waals surface area contributed by atoms with E-state index in [-0.39, 0.29) is 30.0 Å². The van der Waals surface area contributed by atoms with Gasteiger partial charge in [-0.05, 0) is 39.8 Å². The molecule has 2 atom stereocenters. The van der Waals surface area contributed by atoms with Crippen molar-refractivity contribution in [1.82, 2.24) is 29.8 Å². The Kier molecular flexibility index (Phi) is 6.04. The summed E-state index contributed by atoms with van der Waals surface area (Å²) in [6, 6.07) is 0.574. The Bertz CT molecular complexity index is 1540. The van der Waals surface area contributed by atoms with Gasteiger partial charge in [0.25, 0.3) is 5.91 Å². The number of nitrogens with two attached hydrogens (primary N) is 1. The summed E-state index contributed by atoms with van der Waals surface area (Å²) in [5.74, 6) is -2.18. The number of carbonyl (C=O) groups is 2. The van der Waals surface area contributed by atoms with Gasteiger partial charge in [0.15, 0.2) is 5.82 Å². The molecule has 210 valence electrons. The number of fused-ring (bicyclic) bond motifs is 1. The minimum absolute atomic E-state index is 0.0172. The van der Waals surface area contributed by atoms with Crippen molar-refractivity contribution < 1.29 is 40.7 Å². The normalized spacial score (nSPS) is 19.4. The SMILES string of the molecule is [2H]C([2H])([2H])Oc1nc(C)c(-c2cc(C(F)(F)F)c3c(N)ncnn23)cc1C(=O)N[C@@H]1CN(C(=O)OC(C)(C)C)C[C@@H]1F. The van der Waals surface area contributed by atoms with E-state index in [2.05, 4.69) is 20.4 Å². The van der Waals surface area contributed by atoms with Gasteiger partial charge < -0.3 is 25.4 Å². The van der Waals surface area contributed by atoms with Gasteiger partial charge in [-0.3, -0.25) is 4.79 Å². The van der Waals surface area contributed by atoms with Crippen molar-refractivity contribution in [1.29, 1.82) is 0 Å². The van der Waals surface area contributed by atoms with Crippen LogP contribution in [-0.4, -0.2) is 74.4 Å². The number of anilines is 1. The topological polar surface area (TPSA) is 137 Å². The van der Waals surface area contributed by atoms with Crippen molar-refractivity contribution >= 4 is 23.3 Å². The van der Waals surface area contributed by atoms with E-state index in [4.69, 9.17) is 19.3 Å². The number of nitrogens with zero attached hydrogens (tertiary/aromatic N) is 5. The Balaban J connectivity index is 1.76. The van der Waals surface area contributed by atoms with Crippen molar-refractivity contribution in [3.05, 3.63) is 35.3 Å². The lowest BCUT2D eigenvalue weighted by Crippen LogP contribution is -2.42. The summed E-state index contributed by atoms with van der Waals surface area (Å²) in [6.07, 6.45) is -6.43. The molecule has 0 unspecified atom stereocenters. The molecule has 39 heavy (non-hydrogen) atoms. The van der Waals surface area contributed by atoms with Crippen LogP contribution in [0.3, 0.4) is 0 Å². The summed E-state index contributed by atoms with van der Waals surface area (Å²) in [7, 11) is -3.06. The maximum Gasteiger partial charge on any atom is 0.418 e. The van der Waals surface area contributed by atoms with E-state index in [1.807, 2.05) is 0 Å². The lowest BCUT2D eigenvalue weighted by atomic mass is 10.1. The molecule has 0 aliphatic carbocycles. The number of methoxy groups -OCH3 is 1. The number of aryl methyl sites for hydroxylation is 1. The Morgan fingerprint density at radius 3 is 2.59 bits per heavy atom. The number of hydrogen-bond donors (Lipinski definition) is 2. The number of nitrogen functional groups attached to an aromatic ring is 1. The average molecular weight is 557 g/mol. The lowest BCUT2D eigenvalue weighted by molar-refractivity contribution is -0.136. The first-order valence-electron chi connectivity index (χ1n) is 13.1. The number of alkyl halides is 4. The van der Waals surface area contributed by atoms with E-state index < -0.39 is 71.4 Å². The third kappa shape index (κ3) is 5.52. The van der Waals surface area contributed by atoms with Crippen LogP contribution in [0.25, 0.3) is 16.8 Å². The van der Waals surface area contributed by atoms with Crippen molar-refractivity contribution in [2.75, 3.05) is 25.9 Å². The largest absolute Gasteiger partial charge is 0.480 e. The molecular weight excluding hydrogens is 526 g/mol. The molecule has 4 rings (SSSR count). The lowest BCUT2D eigenvalue weighted by Gasteiger charge is -2.24. The molecule has 11 nitrogen and oxygen atoms in total. The maximum absolute atomic E-state index is 14.9. The standard InChI is InChI=1S/C24H27F4N7O4/c1-11-12(17-7-14(24(26,27)28)18-19(29)30-10-31-35(17)18)6-13(21(32-11)38-5)20(36)33-16-9-34(8-15(16)25)22(37)39-23(2,3)4/h6-7,10,15-16H,8-9H2,1-5H3,(H,33,36)(H2,29,30,31)/t15-,16+/m0/s1/i5D3. The van der Waals surface area contributed by atoms with Crippen molar-refractivity contribution in [2.24, 2.45) is 0 Å². The van der Waals surface area contributed by atoms with E-state index >= 15 is 0 Å². The number of halogens is 4. The summed E-state index contributed by atoms with van der Waals surface area (Å²) in [5, 5.41) is 6.26. The van der Waals surface area contributed by atoms with E-state index in [1.54, 1.807) is 20.8 Å². The third-order valence-electron chi connectivity index (χ3n) is 5.90. The minimum atomic E-state index is -4.85. The molecular formula is C24H27F4N7O4. The molecule has 3 aromatic heterocycles. The molecule has 0 saturated carbocycles. The van der Waals surface area contributed by atoms with Gasteiger partial charge in [-0.15, -0.1) is 0 Å². The van der Waals surface area contributed by atoms with Crippen LogP contribution >= 0.6 is 0 Å². The van der Waals surface area contributed by atoms with Crippen LogP contribution in [0.2, 0.25) is 0 Å². The summed E-state index contributed by atoms with van der Waals surface area (Å²) in [4.78, 5) is 34.5. The highest BCUT2D eigenvalue weighted by molar-refractivity contribution is 5.98. The highest BCUT2D eigenvalue weighted by Gasteiger charge is 2.39. The van der Waals surface area contributed by atoms with Gasteiger partial charge in [0.2, 0.25) is 5.88 Å². The monoisotopic (exact) mass is 556 g/mol. The van der Waals surface area contributed by atoms with Crippen molar-refractivity contribution in [3.63, 3.8) is 0 Å². The number of amides is 2. The van der Waals surface area contributed by atoms with Gasteiger partial charge in [-0.1, -0.05) is 0 Å². The van der Waals surface area contributed by atoms with Crippen LogP contribution in [0.4, 0.5) is 28.2 Å². The molecule has 0 spiro atoms. The first-order valence-corrected chi connectivity index (χ1v) is 11.6. The number of ether oxygens (including phenoxy) is 2.